The van der Waals surface area contributed by atoms with Crippen molar-refractivity contribution in [2.45, 2.75) is 40.1 Å². The van der Waals surface area contributed by atoms with Crippen LogP contribution < -0.4 is 11.1 Å². The van der Waals surface area contributed by atoms with Crippen molar-refractivity contribution < 1.29 is 54.3 Å². The summed E-state index contributed by atoms with van der Waals surface area (Å²) < 4.78 is 0.432. The van der Waals surface area contributed by atoms with Gasteiger partial charge in [0.1, 0.15) is 33.1 Å². The molecule has 3 atom stereocenters. The number of carboxylic acids is 3. The van der Waals surface area contributed by atoms with Gasteiger partial charge in [0.25, 0.3) is 11.8 Å². The van der Waals surface area contributed by atoms with E-state index in [1.165, 1.54) is 34.7 Å². The average Bonchev–Trinajstić information content (AvgIpc) is 3.51. The number of hydrogen-bond acceptors (Lipinski definition) is 16. The monoisotopic (exact) mass is 748 g/mol. The van der Waals surface area contributed by atoms with Crippen LogP contribution in [0.4, 0.5) is 5.13 Å². The van der Waals surface area contributed by atoms with Crippen molar-refractivity contribution in [3.63, 3.8) is 0 Å². The Morgan fingerprint density at radius 3 is 2.49 bits per heavy atom. The number of phenols is 2. The minimum absolute atomic E-state index is 0.00720. The topological polar surface area (TPSA) is 275 Å². The number of nitrogens with one attached hydrogen (secondary N) is 1. The number of aromatic nitrogens is 2. The summed E-state index contributed by atoms with van der Waals surface area (Å²) in [5.41, 5.74) is 4.30. The van der Waals surface area contributed by atoms with Gasteiger partial charge in [0, 0.05) is 35.1 Å². The first-order valence-electron chi connectivity index (χ1n) is 14.0. The normalized spacial score (nSPS) is 20.2. The van der Waals surface area contributed by atoms with E-state index >= 15 is 0 Å². The number of thiazole rings is 2. The first kappa shape index (κ1) is 34.0. The Bertz CT molecular complexity index is 1950. The number of nitrogen functional groups attached to an aromatic ring is 1. The van der Waals surface area contributed by atoms with Crippen LogP contribution in [-0.2, 0) is 28.8 Å². The molecule has 2 fully saturated rings. The van der Waals surface area contributed by atoms with Gasteiger partial charge < -0.3 is 41.4 Å². The summed E-state index contributed by atoms with van der Waals surface area (Å²) >= 11 is 4.52. The fourth-order valence-corrected chi connectivity index (χ4v) is 8.86. The van der Waals surface area contributed by atoms with Gasteiger partial charge in [0.15, 0.2) is 22.3 Å². The van der Waals surface area contributed by atoms with Crippen molar-refractivity contribution >= 4 is 86.8 Å². The van der Waals surface area contributed by atoms with E-state index in [0.717, 1.165) is 45.4 Å². The zero-order valence-corrected chi connectivity index (χ0v) is 27.9. The largest absolute Gasteiger partial charge is 0.504 e. The van der Waals surface area contributed by atoms with E-state index < -0.39 is 69.9 Å². The molecule has 2 aromatic heterocycles. The zero-order valence-electron chi connectivity index (χ0n) is 24.6. The van der Waals surface area contributed by atoms with Gasteiger partial charge in [-0.3, -0.25) is 19.3 Å². The van der Waals surface area contributed by atoms with Crippen molar-refractivity contribution in [3.8, 4) is 11.5 Å². The first-order chi connectivity index (χ1) is 23.3. The third kappa shape index (κ3) is 6.60. The summed E-state index contributed by atoms with van der Waals surface area (Å²) in [5.74, 6) is -7.23. The van der Waals surface area contributed by atoms with Crippen molar-refractivity contribution in [3.05, 3.63) is 57.2 Å². The van der Waals surface area contributed by atoms with E-state index in [9.17, 15) is 49.5 Å². The van der Waals surface area contributed by atoms with Crippen molar-refractivity contribution in [1.29, 1.82) is 0 Å². The number of β-lactam (4-membered cyclic amide) rings is 1. The maximum atomic E-state index is 13.3. The number of nitrogens with two attached hydrogens (primary N) is 1. The number of phenolic OH excluding ortho intramolecular Hbond substituents is 2. The molecule has 21 heteroatoms. The molecule has 6 rings (SSSR count). The molecular formula is C28H24N6O11S4. The molecule has 0 radical (unpaired) electrons. The van der Waals surface area contributed by atoms with Crippen LogP contribution in [0.25, 0.3) is 0 Å². The van der Waals surface area contributed by atoms with Crippen molar-refractivity contribution in [2.75, 3.05) is 17.2 Å². The van der Waals surface area contributed by atoms with Gasteiger partial charge in [-0.1, -0.05) is 23.0 Å². The van der Waals surface area contributed by atoms with E-state index in [1.807, 2.05) is 0 Å². The number of carbonyl (C=O) groups is 5. The fourth-order valence-electron chi connectivity index (χ4n) is 4.97. The Balaban J connectivity index is 1.15. The minimum atomic E-state index is -1.56. The molecule has 17 nitrogen and oxygen atoms in total. The molecule has 8 N–H and O–H groups in total. The molecule has 1 aromatic carbocycles. The van der Waals surface area contributed by atoms with Gasteiger partial charge in [-0.25, -0.2) is 19.6 Å². The minimum Gasteiger partial charge on any atom is -0.504 e. The van der Waals surface area contributed by atoms with Crippen LogP contribution in [0.3, 0.4) is 0 Å². The van der Waals surface area contributed by atoms with Crippen LogP contribution in [0.2, 0.25) is 0 Å². The summed E-state index contributed by atoms with van der Waals surface area (Å²) in [5, 5.41) is 57.4. The van der Waals surface area contributed by atoms with E-state index in [2.05, 4.69) is 20.4 Å². The lowest BCUT2D eigenvalue weighted by atomic mass is 9.96. The van der Waals surface area contributed by atoms with E-state index in [-0.39, 0.29) is 52.1 Å². The van der Waals surface area contributed by atoms with Crippen LogP contribution in [0.1, 0.15) is 35.7 Å². The number of fused-ring (bicyclic) bond motifs is 1. The van der Waals surface area contributed by atoms with Crippen LogP contribution in [0.5, 0.6) is 11.5 Å². The smallest absolute Gasteiger partial charge is 0.352 e. The van der Waals surface area contributed by atoms with E-state index in [0.29, 0.717) is 9.91 Å². The van der Waals surface area contributed by atoms with Crippen molar-refractivity contribution in [1.82, 2.24) is 20.2 Å². The number of amides is 2. The second kappa shape index (κ2) is 13.2. The summed E-state index contributed by atoms with van der Waals surface area (Å²) in [7, 11) is 0. The van der Waals surface area contributed by atoms with Gasteiger partial charge in [0.05, 0.1) is 5.69 Å². The van der Waals surface area contributed by atoms with Crippen molar-refractivity contribution in [2.24, 2.45) is 5.16 Å². The Morgan fingerprint density at radius 1 is 1.12 bits per heavy atom. The number of rotatable bonds is 13. The predicted octanol–water partition coefficient (Wildman–Crippen LogP) is 1.68. The standard InChI is InChI=1S/C28H24N6O11S4/c29-26-30-13(9-47-26)17(33-45-28(3-4-28)25(43)44)20(37)32-18-21(38)34-19(24(41)42)11(6-46-22(18)34)7-48-27-31-12(8-49-27)16(23(39)40)10-1-2-14(35)15(36)5-10/h1-2,5,8-9,16,18,22,35-36H,3-4,6-7H2,(H2,29,30)(H,32,37)(H,39,40)(H,41,42)(H,43,44)/t16?,18-,22+/m1/s1. The molecule has 4 heterocycles. The fraction of sp³-hybridized carbons (Fsp3) is 0.286. The van der Waals surface area contributed by atoms with Crippen LogP contribution in [0, 0.1) is 0 Å². The van der Waals surface area contributed by atoms with Crippen LogP contribution in [-0.4, -0.2) is 104 Å². The number of benzene rings is 1. The molecular weight excluding hydrogens is 725 g/mol. The Morgan fingerprint density at radius 2 is 1.88 bits per heavy atom. The lowest BCUT2D eigenvalue weighted by Gasteiger charge is -2.49. The van der Waals surface area contributed by atoms with Gasteiger partial charge >= 0.3 is 17.9 Å². The molecule has 2 aliphatic heterocycles. The van der Waals surface area contributed by atoms with Gasteiger partial charge in [-0.2, -0.15) is 0 Å². The lowest BCUT2D eigenvalue weighted by Crippen LogP contribution is -2.71. The summed E-state index contributed by atoms with van der Waals surface area (Å²) in [6.45, 7) is 0. The molecule has 3 aliphatic rings. The lowest BCUT2D eigenvalue weighted by molar-refractivity contribution is -0.153. The number of oxime groups is 1. The summed E-state index contributed by atoms with van der Waals surface area (Å²) in [6.07, 6.45) is 0.384. The predicted molar refractivity (Wildman–Crippen MR) is 176 cm³/mol. The molecule has 0 spiro atoms. The second-order valence-electron chi connectivity index (χ2n) is 10.9. The molecule has 49 heavy (non-hydrogen) atoms. The number of nitrogens with zero attached hydrogens (tertiary/aromatic N) is 4. The quantitative estimate of drug-likeness (QED) is 0.0431. The molecule has 1 saturated carbocycles. The maximum Gasteiger partial charge on any atom is 0.352 e. The Labute approximate surface area is 291 Å². The summed E-state index contributed by atoms with van der Waals surface area (Å²) in [6, 6.07) is 2.54. The molecule has 3 aromatic rings. The third-order valence-corrected chi connectivity index (χ3v) is 11.8. The highest BCUT2D eigenvalue weighted by Gasteiger charge is 2.56. The van der Waals surface area contributed by atoms with E-state index in [4.69, 9.17) is 10.6 Å². The maximum absolute atomic E-state index is 13.3. The van der Waals surface area contributed by atoms with Gasteiger partial charge in [-0.05, 0) is 23.3 Å². The SMILES string of the molecule is Nc1nc(C(=NOC2(C(=O)O)CC2)C(=O)N[C@@H]2C(=O)N3C(C(=O)O)=C(CSc4nc(C(C(=O)O)c5ccc(O)c(O)c5)cs4)CS[C@@H]23)cs1. The molecule has 256 valence electrons. The number of carboxylic acid groups (broad SMARTS) is 3. The molecule has 1 aliphatic carbocycles. The van der Waals surface area contributed by atoms with Crippen LogP contribution in [0.15, 0.2) is 49.7 Å². The Hall–Kier alpha value is -4.86. The number of thioether (sulfide) groups is 2. The number of aromatic hydroxyl groups is 2. The number of hydrogen-bond donors (Lipinski definition) is 7. The number of anilines is 1. The summed E-state index contributed by atoms with van der Waals surface area (Å²) in [4.78, 5) is 77.3. The second-order valence-corrected chi connectivity index (χ2v) is 14.9. The first-order valence-corrected chi connectivity index (χ1v) is 17.8. The molecule has 1 unspecified atom stereocenters. The highest BCUT2D eigenvalue weighted by atomic mass is 32.2. The van der Waals surface area contributed by atoms with E-state index in [1.54, 1.807) is 0 Å². The van der Waals surface area contributed by atoms with Crippen LogP contribution >= 0.6 is 46.2 Å². The molecule has 1 saturated heterocycles. The highest BCUT2D eigenvalue weighted by Crippen LogP contribution is 2.43. The third-order valence-electron chi connectivity index (χ3n) is 7.67. The number of aliphatic carboxylic acids is 3. The van der Waals surface area contributed by atoms with Gasteiger partial charge in [0.2, 0.25) is 5.60 Å². The molecule has 0 bridgehead atoms. The zero-order chi connectivity index (χ0) is 35.2. The average molecular weight is 749 g/mol. The Kier molecular flexibility index (Phi) is 9.17. The number of carbonyl (C=O) groups excluding carboxylic acids is 2. The molecule has 2 amide bonds. The highest BCUT2D eigenvalue weighted by molar-refractivity contribution is 8.01. The van der Waals surface area contributed by atoms with Gasteiger partial charge in [-0.15, -0.1) is 34.4 Å².